The van der Waals surface area contributed by atoms with Gasteiger partial charge < -0.3 is 14.2 Å². The number of pyridine rings is 1. The number of likely N-dealkylation sites (tertiary alicyclic amines) is 1. The molecule has 1 unspecified atom stereocenters. The summed E-state index contributed by atoms with van der Waals surface area (Å²) in [5.41, 5.74) is 1.08. The van der Waals surface area contributed by atoms with E-state index < -0.39 is 0 Å². The molecule has 1 amide bonds. The van der Waals surface area contributed by atoms with Gasteiger partial charge in [-0.05, 0) is 30.4 Å². The zero-order valence-electron chi connectivity index (χ0n) is 14.3. The largest absolute Gasteiger partial charge is 0.487 e. The maximum atomic E-state index is 12.8. The van der Waals surface area contributed by atoms with E-state index in [1.807, 2.05) is 39.9 Å². The molecule has 1 atom stereocenters. The molecule has 2 aromatic heterocycles. The van der Waals surface area contributed by atoms with Crippen LogP contribution in [0, 0.1) is 0 Å². The smallest absolute Gasteiger partial charge is 0.242 e. The van der Waals surface area contributed by atoms with Crippen LogP contribution in [-0.4, -0.2) is 39.6 Å². The predicted molar refractivity (Wildman–Crippen MR) is 101 cm³/mol. The van der Waals surface area contributed by atoms with Gasteiger partial charge in [0.2, 0.25) is 5.91 Å². The molecule has 4 rings (SSSR count). The molecule has 134 valence electrons. The summed E-state index contributed by atoms with van der Waals surface area (Å²) in [6, 6.07) is 11.9. The summed E-state index contributed by atoms with van der Waals surface area (Å²) in [5.74, 6) is 0.734. The Kier molecular flexibility index (Phi) is 4.80. The highest BCUT2D eigenvalue weighted by molar-refractivity contribution is 6.31. The Morgan fingerprint density at radius 3 is 3.04 bits per heavy atom. The van der Waals surface area contributed by atoms with Gasteiger partial charge in [-0.1, -0.05) is 29.8 Å². The van der Waals surface area contributed by atoms with E-state index in [1.165, 1.54) is 0 Å². The van der Waals surface area contributed by atoms with E-state index in [9.17, 15) is 4.79 Å². The third-order valence-corrected chi connectivity index (χ3v) is 5.03. The molecule has 0 spiro atoms. The van der Waals surface area contributed by atoms with Gasteiger partial charge in [-0.3, -0.25) is 9.78 Å². The van der Waals surface area contributed by atoms with Crippen molar-refractivity contribution < 1.29 is 9.53 Å². The molecular weight excluding hydrogens is 350 g/mol. The number of para-hydroxylation sites is 1. The fraction of sp³-hybridized carbons (Fsp3) is 0.300. The van der Waals surface area contributed by atoms with Crippen molar-refractivity contribution in [2.45, 2.75) is 25.5 Å². The molecule has 3 aromatic rings. The number of fused-ring (bicyclic) bond motifs is 1. The normalized spacial score (nSPS) is 17.4. The summed E-state index contributed by atoms with van der Waals surface area (Å²) in [6.45, 7) is 1.69. The first kappa shape index (κ1) is 16.9. The number of nitrogens with zero attached hydrogens (tertiary/aromatic N) is 3. The van der Waals surface area contributed by atoms with E-state index in [-0.39, 0.29) is 12.0 Å². The van der Waals surface area contributed by atoms with Crippen LogP contribution in [0.4, 0.5) is 0 Å². The monoisotopic (exact) mass is 369 g/mol. The Morgan fingerprint density at radius 1 is 1.27 bits per heavy atom. The zero-order valence-corrected chi connectivity index (χ0v) is 15.1. The van der Waals surface area contributed by atoms with Crippen LogP contribution < -0.4 is 4.74 Å². The van der Waals surface area contributed by atoms with Gasteiger partial charge in [0.05, 0.1) is 6.54 Å². The zero-order chi connectivity index (χ0) is 17.9. The molecule has 0 radical (unpaired) electrons. The summed E-state index contributed by atoms with van der Waals surface area (Å²) in [5, 5.41) is 1.64. The Balaban J connectivity index is 1.42. The van der Waals surface area contributed by atoms with Crippen LogP contribution in [-0.2, 0) is 11.3 Å². The lowest BCUT2D eigenvalue weighted by molar-refractivity contribution is -0.134. The molecule has 26 heavy (non-hydrogen) atoms. The van der Waals surface area contributed by atoms with Crippen LogP contribution >= 0.6 is 11.6 Å². The lowest BCUT2D eigenvalue weighted by Gasteiger charge is -2.33. The van der Waals surface area contributed by atoms with E-state index in [0.717, 1.165) is 30.3 Å². The van der Waals surface area contributed by atoms with Crippen LogP contribution in [0.5, 0.6) is 5.75 Å². The number of carbonyl (C=O) groups excluding carboxylic acids is 1. The van der Waals surface area contributed by atoms with Crippen LogP contribution in [0.2, 0.25) is 5.02 Å². The summed E-state index contributed by atoms with van der Waals surface area (Å²) in [6.07, 6.45) is 6.98. The van der Waals surface area contributed by atoms with Gasteiger partial charge >= 0.3 is 0 Å². The first-order valence-corrected chi connectivity index (χ1v) is 9.16. The van der Waals surface area contributed by atoms with Crippen molar-refractivity contribution in [3.05, 3.63) is 60.0 Å². The first-order chi connectivity index (χ1) is 12.7. The molecule has 1 aliphatic heterocycles. The van der Waals surface area contributed by atoms with E-state index >= 15 is 0 Å². The van der Waals surface area contributed by atoms with Crippen LogP contribution in [0.15, 0.2) is 55.0 Å². The van der Waals surface area contributed by atoms with Crippen molar-refractivity contribution in [3.8, 4) is 5.75 Å². The summed E-state index contributed by atoms with van der Waals surface area (Å²) < 4.78 is 8.00. The minimum Gasteiger partial charge on any atom is -0.487 e. The minimum absolute atomic E-state index is 0.0472. The molecule has 1 fully saturated rings. The Bertz CT molecular complexity index is 924. The molecule has 1 aliphatic rings. The van der Waals surface area contributed by atoms with Crippen LogP contribution in [0.1, 0.15) is 12.8 Å². The molecule has 0 aliphatic carbocycles. The summed E-state index contributed by atoms with van der Waals surface area (Å²) in [7, 11) is 0. The molecule has 0 bridgehead atoms. The number of aromatic nitrogens is 2. The van der Waals surface area contributed by atoms with Crippen molar-refractivity contribution in [1.29, 1.82) is 0 Å². The van der Waals surface area contributed by atoms with Crippen molar-refractivity contribution >= 4 is 28.4 Å². The van der Waals surface area contributed by atoms with Crippen LogP contribution in [0.3, 0.4) is 0 Å². The number of halogens is 1. The average molecular weight is 370 g/mol. The number of benzene rings is 1. The van der Waals surface area contributed by atoms with E-state index in [0.29, 0.717) is 23.9 Å². The maximum Gasteiger partial charge on any atom is 0.242 e. The van der Waals surface area contributed by atoms with Crippen molar-refractivity contribution in [2.75, 3.05) is 13.1 Å². The molecule has 1 saturated heterocycles. The highest BCUT2D eigenvalue weighted by Gasteiger charge is 2.25. The van der Waals surface area contributed by atoms with Crippen molar-refractivity contribution in [2.24, 2.45) is 0 Å². The lowest BCUT2D eigenvalue weighted by atomic mass is 10.1. The molecule has 0 N–H and O–H groups in total. The molecule has 0 saturated carbocycles. The fourth-order valence-corrected chi connectivity index (χ4v) is 3.59. The highest BCUT2D eigenvalue weighted by Crippen LogP contribution is 2.26. The van der Waals surface area contributed by atoms with Crippen LogP contribution in [0.25, 0.3) is 10.9 Å². The van der Waals surface area contributed by atoms with Gasteiger partial charge in [0, 0.05) is 36.7 Å². The van der Waals surface area contributed by atoms with Crippen molar-refractivity contribution in [3.63, 3.8) is 0 Å². The average Bonchev–Trinajstić information content (AvgIpc) is 3.07. The standard InChI is InChI=1S/C20H20ClN3O2/c21-17-12-22-9-7-19(17)26-16-5-3-10-24(13-16)20(25)14-23-11-8-15-4-1-2-6-18(15)23/h1-2,4,6-9,11-12,16H,3,5,10,13-14H2. The van der Waals surface area contributed by atoms with Gasteiger partial charge in [-0.25, -0.2) is 0 Å². The quantitative estimate of drug-likeness (QED) is 0.703. The number of hydrogen-bond donors (Lipinski definition) is 0. The molecule has 5 nitrogen and oxygen atoms in total. The number of amides is 1. The topological polar surface area (TPSA) is 47.4 Å². The third-order valence-electron chi connectivity index (χ3n) is 4.75. The van der Waals surface area contributed by atoms with E-state index in [1.54, 1.807) is 18.5 Å². The summed E-state index contributed by atoms with van der Waals surface area (Å²) >= 11 is 6.12. The molecule has 3 heterocycles. The molecule has 6 heteroatoms. The Hall–Kier alpha value is -2.53. The van der Waals surface area contributed by atoms with Gasteiger partial charge in [-0.2, -0.15) is 0 Å². The second-order valence-corrected chi connectivity index (χ2v) is 6.94. The predicted octanol–water partition coefficient (Wildman–Crippen LogP) is 3.76. The number of piperidine rings is 1. The van der Waals surface area contributed by atoms with E-state index in [2.05, 4.69) is 11.1 Å². The molecule has 1 aromatic carbocycles. The number of ether oxygens (including phenoxy) is 1. The summed E-state index contributed by atoms with van der Waals surface area (Å²) in [4.78, 5) is 18.6. The van der Waals surface area contributed by atoms with Gasteiger partial charge in [0.1, 0.15) is 23.4 Å². The van der Waals surface area contributed by atoms with E-state index in [4.69, 9.17) is 16.3 Å². The Labute approximate surface area is 157 Å². The first-order valence-electron chi connectivity index (χ1n) is 8.78. The lowest BCUT2D eigenvalue weighted by Crippen LogP contribution is -2.45. The third kappa shape index (κ3) is 3.53. The highest BCUT2D eigenvalue weighted by atomic mass is 35.5. The second-order valence-electron chi connectivity index (χ2n) is 6.53. The maximum absolute atomic E-state index is 12.8. The molecular formula is C20H20ClN3O2. The number of carbonyl (C=O) groups is 1. The van der Waals surface area contributed by atoms with Gasteiger partial charge in [-0.15, -0.1) is 0 Å². The SMILES string of the molecule is O=C(Cn1ccc2ccccc21)N1CCCC(Oc2ccncc2Cl)C1. The Morgan fingerprint density at radius 2 is 2.15 bits per heavy atom. The minimum atomic E-state index is -0.0472. The van der Waals surface area contributed by atoms with Gasteiger partial charge in [0.25, 0.3) is 0 Å². The fourth-order valence-electron chi connectivity index (χ4n) is 3.42. The van der Waals surface area contributed by atoms with Crippen molar-refractivity contribution in [1.82, 2.24) is 14.5 Å². The number of rotatable bonds is 4. The van der Waals surface area contributed by atoms with Gasteiger partial charge in [0.15, 0.2) is 0 Å². The second kappa shape index (κ2) is 7.38. The number of hydrogen-bond acceptors (Lipinski definition) is 3.